The number of benzene rings is 1. The molecule has 1 saturated heterocycles. The Balaban J connectivity index is 1.98. The van der Waals surface area contributed by atoms with E-state index in [1.807, 2.05) is 0 Å². The lowest BCUT2D eigenvalue weighted by Crippen LogP contribution is -2.23. The van der Waals surface area contributed by atoms with Crippen LogP contribution in [0.25, 0.3) is 0 Å². The zero-order valence-corrected chi connectivity index (χ0v) is 9.44. The van der Waals surface area contributed by atoms with Crippen molar-refractivity contribution in [1.29, 1.82) is 0 Å². The molecule has 1 aliphatic rings. The largest absolute Gasteiger partial charge is 0.545 e. The SMILES string of the molecule is Nc1cc(C(=O)[O-])ccc1NC[C@H]1CCCO1. The van der Waals surface area contributed by atoms with Gasteiger partial charge in [0.05, 0.1) is 23.4 Å². The van der Waals surface area contributed by atoms with Gasteiger partial charge in [0, 0.05) is 13.2 Å². The van der Waals surface area contributed by atoms with E-state index in [4.69, 9.17) is 10.5 Å². The van der Waals surface area contributed by atoms with Gasteiger partial charge in [-0.3, -0.25) is 0 Å². The molecule has 1 atom stereocenters. The maximum absolute atomic E-state index is 10.6. The topological polar surface area (TPSA) is 87.4 Å². The first-order valence-corrected chi connectivity index (χ1v) is 5.63. The number of ether oxygens (including phenoxy) is 1. The van der Waals surface area contributed by atoms with E-state index in [0.717, 1.165) is 25.1 Å². The fraction of sp³-hybridized carbons (Fsp3) is 0.417. The zero-order valence-electron chi connectivity index (χ0n) is 9.44. The van der Waals surface area contributed by atoms with E-state index >= 15 is 0 Å². The van der Waals surface area contributed by atoms with Crippen LogP contribution in [0.3, 0.4) is 0 Å². The number of nitrogen functional groups attached to an aromatic ring is 1. The molecule has 0 aliphatic carbocycles. The molecule has 1 heterocycles. The molecule has 1 fully saturated rings. The molecular formula is C12H15N2O3-. The van der Waals surface area contributed by atoms with E-state index in [0.29, 0.717) is 12.2 Å². The molecule has 0 saturated carbocycles. The summed E-state index contributed by atoms with van der Waals surface area (Å²) >= 11 is 0. The molecular weight excluding hydrogens is 220 g/mol. The number of hydrogen-bond acceptors (Lipinski definition) is 5. The first-order valence-electron chi connectivity index (χ1n) is 5.63. The number of nitrogens with one attached hydrogen (secondary N) is 1. The number of anilines is 2. The van der Waals surface area contributed by atoms with Crippen molar-refractivity contribution < 1.29 is 14.6 Å². The van der Waals surface area contributed by atoms with Crippen molar-refractivity contribution in [3.63, 3.8) is 0 Å². The Morgan fingerprint density at radius 1 is 1.59 bits per heavy atom. The minimum absolute atomic E-state index is 0.0881. The molecule has 0 aromatic heterocycles. The number of carboxylic acids is 1. The first kappa shape index (κ1) is 11.7. The number of hydrogen-bond donors (Lipinski definition) is 2. The number of rotatable bonds is 4. The van der Waals surface area contributed by atoms with Crippen LogP contribution in [0.4, 0.5) is 11.4 Å². The molecule has 0 bridgehead atoms. The van der Waals surface area contributed by atoms with Gasteiger partial charge < -0.3 is 25.7 Å². The van der Waals surface area contributed by atoms with Crippen LogP contribution in [0, 0.1) is 0 Å². The number of nitrogens with two attached hydrogens (primary N) is 1. The standard InChI is InChI=1S/C12H16N2O3/c13-10-6-8(12(15)16)3-4-11(10)14-7-9-2-1-5-17-9/h3-4,6,9,14H,1-2,5,7,13H2,(H,15,16)/p-1/t9-/m1/s1. The number of carbonyl (C=O) groups is 1. The summed E-state index contributed by atoms with van der Waals surface area (Å²) in [7, 11) is 0. The van der Waals surface area contributed by atoms with Crippen molar-refractivity contribution in [2.45, 2.75) is 18.9 Å². The molecule has 5 heteroatoms. The number of aromatic carboxylic acids is 1. The lowest BCUT2D eigenvalue weighted by molar-refractivity contribution is -0.255. The molecule has 0 amide bonds. The van der Waals surface area contributed by atoms with Gasteiger partial charge in [0.15, 0.2) is 0 Å². The highest BCUT2D eigenvalue weighted by Gasteiger charge is 2.15. The maximum atomic E-state index is 10.6. The summed E-state index contributed by atoms with van der Waals surface area (Å²) in [4.78, 5) is 10.6. The Morgan fingerprint density at radius 2 is 2.41 bits per heavy atom. The van der Waals surface area contributed by atoms with Gasteiger partial charge in [0.2, 0.25) is 0 Å². The van der Waals surface area contributed by atoms with E-state index in [9.17, 15) is 9.90 Å². The second-order valence-electron chi connectivity index (χ2n) is 4.11. The van der Waals surface area contributed by atoms with Crippen molar-refractivity contribution in [2.75, 3.05) is 24.2 Å². The third kappa shape index (κ3) is 2.88. The van der Waals surface area contributed by atoms with Crippen molar-refractivity contribution in [1.82, 2.24) is 0 Å². The molecule has 0 unspecified atom stereocenters. The summed E-state index contributed by atoms with van der Waals surface area (Å²) in [5, 5.41) is 13.8. The molecule has 1 aromatic rings. The van der Waals surface area contributed by atoms with Crippen molar-refractivity contribution in [2.24, 2.45) is 0 Å². The quantitative estimate of drug-likeness (QED) is 0.729. The molecule has 17 heavy (non-hydrogen) atoms. The average Bonchev–Trinajstić information content (AvgIpc) is 2.80. The average molecular weight is 235 g/mol. The Labute approximate surface area is 99.6 Å². The lowest BCUT2D eigenvalue weighted by Gasteiger charge is -2.14. The molecule has 0 spiro atoms. The summed E-state index contributed by atoms with van der Waals surface area (Å²) in [5.74, 6) is -1.22. The first-order chi connectivity index (χ1) is 8.16. The van der Waals surface area contributed by atoms with Crippen LogP contribution in [0.2, 0.25) is 0 Å². The van der Waals surface area contributed by atoms with Gasteiger partial charge in [-0.25, -0.2) is 0 Å². The fourth-order valence-corrected chi connectivity index (χ4v) is 1.88. The van der Waals surface area contributed by atoms with E-state index in [2.05, 4.69) is 5.32 Å². The van der Waals surface area contributed by atoms with Gasteiger partial charge >= 0.3 is 0 Å². The molecule has 1 aliphatic heterocycles. The van der Waals surface area contributed by atoms with Crippen LogP contribution >= 0.6 is 0 Å². The zero-order chi connectivity index (χ0) is 12.3. The highest BCUT2D eigenvalue weighted by Crippen LogP contribution is 2.21. The van der Waals surface area contributed by atoms with Gasteiger partial charge in [-0.2, -0.15) is 0 Å². The van der Waals surface area contributed by atoms with Crippen LogP contribution in [-0.2, 0) is 4.74 Å². The molecule has 5 nitrogen and oxygen atoms in total. The van der Waals surface area contributed by atoms with Crippen LogP contribution < -0.4 is 16.2 Å². The lowest BCUT2D eigenvalue weighted by atomic mass is 10.1. The Morgan fingerprint density at radius 3 is 3.00 bits per heavy atom. The minimum atomic E-state index is -1.22. The molecule has 1 aromatic carbocycles. The second kappa shape index (κ2) is 5.05. The van der Waals surface area contributed by atoms with E-state index in [-0.39, 0.29) is 11.7 Å². The minimum Gasteiger partial charge on any atom is -0.545 e. The maximum Gasteiger partial charge on any atom is 0.0748 e. The third-order valence-electron chi connectivity index (χ3n) is 2.83. The summed E-state index contributed by atoms with van der Waals surface area (Å²) in [6.45, 7) is 1.50. The highest BCUT2D eigenvalue weighted by molar-refractivity contribution is 5.88. The fourth-order valence-electron chi connectivity index (χ4n) is 1.88. The van der Waals surface area contributed by atoms with Crippen molar-refractivity contribution in [3.8, 4) is 0 Å². The van der Waals surface area contributed by atoms with Gasteiger partial charge in [-0.15, -0.1) is 0 Å². The van der Waals surface area contributed by atoms with Crippen LogP contribution in [0.5, 0.6) is 0 Å². The summed E-state index contributed by atoms with van der Waals surface area (Å²) in [6.07, 6.45) is 2.35. The van der Waals surface area contributed by atoms with Crippen LogP contribution in [0.15, 0.2) is 18.2 Å². The van der Waals surface area contributed by atoms with Crippen LogP contribution in [-0.4, -0.2) is 25.2 Å². The predicted octanol–water partition coefficient (Wildman–Crippen LogP) is 0.223. The van der Waals surface area contributed by atoms with E-state index in [1.165, 1.54) is 12.1 Å². The number of carbonyl (C=O) groups excluding carboxylic acids is 1. The monoisotopic (exact) mass is 235 g/mol. The van der Waals surface area contributed by atoms with Gasteiger partial charge in [-0.1, -0.05) is 6.07 Å². The number of carboxylic acid groups (broad SMARTS) is 1. The molecule has 2 rings (SSSR count). The molecule has 3 N–H and O–H groups in total. The van der Waals surface area contributed by atoms with E-state index in [1.54, 1.807) is 6.07 Å². The highest BCUT2D eigenvalue weighted by atomic mass is 16.5. The normalized spacial score (nSPS) is 19.2. The summed E-state index contributed by atoms with van der Waals surface area (Å²) < 4.78 is 5.47. The third-order valence-corrected chi connectivity index (χ3v) is 2.83. The van der Waals surface area contributed by atoms with Crippen LogP contribution in [0.1, 0.15) is 23.2 Å². The van der Waals surface area contributed by atoms with Gasteiger partial charge in [0.1, 0.15) is 0 Å². The smallest absolute Gasteiger partial charge is 0.0748 e. The molecule has 92 valence electrons. The Hall–Kier alpha value is -1.75. The Bertz CT molecular complexity index is 414. The Kier molecular flexibility index (Phi) is 3.49. The van der Waals surface area contributed by atoms with Crippen molar-refractivity contribution >= 4 is 17.3 Å². The summed E-state index contributed by atoms with van der Waals surface area (Å²) in [6, 6.07) is 4.52. The van der Waals surface area contributed by atoms with Crippen molar-refractivity contribution in [3.05, 3.63) is 23.8 Å². The van der Waals surface area contributed by atoms with Gasteiger partial charge in [0.25, 0.3) is 0 Å². The second-order valence-corrected chi connectivity index (χ2v) is 4.11. The van der Waals surface area contributed by atoms with E-state index < -0.39 is 5.97 Å². The molecule has 0 radical (unpaired) electrons. The summed E-state index contributed by atoms with van der Waals surface area (Å²) in [5.41, 5.74) is 6.97. The predicted molar refractivity (Wildman–Crippen MR) is 62.6 cm³/mol. The van der Waals surface area contributed by atoms with Gasteiger partial charge in [-0.05, 0) is 30.5 Å².